The van der Waals surface area contributed by atoms with E-state index in [1.54, 1.807) is 0 Å². The summed E-state index contributed by atoms with van der Waals surface area (Å²) in [6.45, 7) is 10.1. The second kappa shape index (κ2) is 5.06. The van der Waals surface area contributed by atoms with E-state index >= 15 is 0 Å². The summed E-state index contributed by atoms with van der Waals surface area (Å²) in [5.41, 5.74) is 2.06. The number of Topliss-reactive ketones (excluding diaryl/α,β-unsaturated/α-hetero) is 1. The third-order valence-corrected chi connectivity index (χ3v) is 6.55. The van der Waals surface area contributed by atoms with Gasteiger partial charge in [-0.2, -0.15) is 0 Å². The molecule has 0 bridgehead atoms. The fourth-order valence-electron chi connectivity index (χ4n) is 5.32. The van der Waals surface area contributed by atoms with Crippen molar-refractivity contribution in [2.75, 3.05) is 0 Å². The molecule has 3 atom stereocenters. The Kier molecular flexibility index (Phi) is 3.62. The number of esters is 1. The highest BCUT2D eigenvalue weighted by Gasteiger charge is 2.56. The zero-order chi connectivity index (χ0) is 17.0. The molecule has 126 valence electrons. The Labute approximate surface area is 139 Å². The van der Waals surface area contributed by atoms with E-state index < -0.39 is 0 Å². The van der Waals surface area contributed by atoms with Crippen molar-refractivity contribution >= 4 is 11.8 Å². The van der Waals surface area contributed by atoms with Crippen molar-refractivity contribution in [1.29, 1.82) is 0 Å². The standard InChI is InChI=1S/C20H28O3/c1-13(21)23-17-8-6-7-15-19(4)12-10-16(22)18(2,3)14(19)9-11-20(15,17)5/h7,9,17H,6,8,10-12H2,1-5H3/t17-,19?,20?/m1/s1. The maximum absolute atomic E-state index is 12.4. The molecule has 3 aliphatic rings. The zero-order valence-corrected chi connectivity index (χ0v) is 15.0. The Morgan fingerprint density at radius 2 is 1.87 bits per heavy atom. The Balaban J connectivity index is 2.09. The van der Waals surface area contributed by atoms with Crippen molar-refractivity contribution in [2.45, 2.75) is 72.8 Å². The van der Waals surface area contributed by atoms with Crippen molar-refractivity contribution < 1.29 is 14.3 Å². The van der Waals surface area contributed by atoms with Gasteiger partial charge < -0.3 is 4.74 Å². The van der Waals surface area contributed by atoms with Gasteiger partial charge in [0.1, 0.15) is 11.9 Å². The van der Waals surface area contributed by atoms with E-state index in [1.165, 1.54) is 18.1 Å². The van der Waals surface area contributed by atoms with E-state index in [0.29, 0.717) is 12.2 Å². The highest BCUT2D eigenvalue weighted by atomic mass is 16.5. The summed E-state index contributed by atoms with van der Waals surface area (Å²) in [6, 6.07) is 0. The maximum atomic E-state index is 12.4. The van der Waals surface area contributed by atoms with Crippen molar-refractivity contribution in [1.82, 2.24) is 0 Å². The number of hydrogen-bond acceptors (Lipinski definition) is 3. The van der Waals surface area contributed by atoms with Gasteiger partial charge >= 0.3 is 5.97 Å². The van der Waals surface area contributed by atoms with Gasteiger partial charge in [-0.1, -0.05) is 37.1 Å². The molecule has 0 radical (unpaired) electrons. The third kappa shape index (κ3) is 2.23. The molecular formula is C20H28O3. The van der Waals surface area contributed by atoms with Crippen molar-refractivity contribution in [3.8, 4) is 0 Å². The SMILES string of the molecule is CC(=O)O[C@@H]1CCC=C2C3(C)CCC(=O)C(C)(C)C3=CCC21C. The molecule has 3 nitrogen and oxygen atoms in total. The lowest BCUT2D eigenvalue weighted by atomic mass is 9.48. The van der Waals surface area contributed by atoms with Gasteiger partial charge in [0.15, 0.2) is 0 Å². The van der Waals surface area contributed by atoms with E-state index in [-0.39, 0.29) is 28.3 Å². The lowest BCUT2D eigenvalue weighted by Gasteiger charge is -2.56. The zero-order valence-electron chi connectivity index (χ0n) is 15.0. The summed E-state index contributed by atoms with van der Waals surface area (Å²) in [5, 5.41) is 0. The van der Waals surface area contributed by atoms with Crippen LogP contribution in [0.25, 0.3) is 0 Å². The van der Waals surface area contributed by atoms with E-state index in [9.17, 15) is 9.59 Å². The van der Waals surface area contributed by atoms with Crippen molar-refractivity contribution in [2.24, 2.45) is 16.2 Å². The first-order valence-corrected chi connectivity index (χ1v) is 8.75. The molecule has 0 aromatic rings. The minimum Gasteiger partial charge on any atom is -0.462 e. The largest absolute Gasteiger partial charge is 0.462 e. The number of fused-ring (bicyclic) bond motifs is 3. The van der Waals surface area contributed by atoms with Crippen LogP contribution in [0.4, 0.5) is 0 Å². The molecule has 0 amide bonds. The highest BCUT2D eigenvalue weighted by molar-refractivity contribution is 5.89. The van der Waals surface area contributed by atoms with E-state index in [1.807, 2.05) is 0 Å². The van der Waals surface area contributed by atoms with Gasteiger partial charge in [-0.15, -0.1) is 0 Å². The number of ether oxygens (including phenoxy) is 1. The van der Waals surface area contributed by atoms with Crippen LogP contribution in [-0.2, 0) is 14.3 Å². The van der Waals surface area contributed by atoms with Crippen LogP contribution in [0, 0.1) is 16.2 Å². The smallest absolute Gasteiger partial charge is 0.302 e. The van der Waals surface area contributed by atoms with Crippen LogP contribution in [-0.4, -0.2) is 17.9 Å². The second-order valence-corrected chi connectivity index (χ2v) is 8.41. The molecule has 0 saturated heterocycles. The summed E-state index contributed by atoms with van der Waals surface area (Å²) < 4.78 is 5.69. The molecule has 3 heteroatoms. The molecule has 0 heterocycles. The third-order valence-electron chi connectivity index (χ3n) is 6.55. The summed E-state index contributed by atoms with van der Waals surface area (Å²) in [7, 11) is 0. The van der Waals surface area contributed by atoms with Crippen LogP contribution in [0.1, 0.15) is 66.7 Å². The first kappa shape index (κ1) is 16.5. The molecule has 3 aliphatic carbocycles. The minimum absolute atomic E-state index is 0.0598. The van der Waals surface area contributed by atoms with Gasteiger partial charge in [0, 0.05) is 29.6 Å². The summed E-state index contributed by atoms with van der Waals surface area (Å²) >= 11 is 0. The Morgan fingerprint density at radius 1 is 1.17 bits per heavy atom. The number of hydrogen-bond donors (Lipinski definition) is 0. The highest BCUT2D eigenvalue weighted by Crippen LogP contribution is 2.63. The van der Waals surface area contributed by atoms with Gasteiger partial charge in [0.25, 0.3) is 0 Å². The van der Waals surface area contributed by atoms with Gasteiger partial charge in [0.05, 0.1) is 0 Å². The van der Waals surface area contributed by atoms with Gasteiger partial charge in [-0.3, -0.25) is 9.59 Å². The Morgan fingerprint density at radius 3 is 2.52 bits per heavy atom. The molecular weight excluding hydrogens is 288 g/mol. The molecule has 0 aliphatic heterocycles. The molecule has 1 saturated carbocycles. The summed E-state index contributed by atoms with van der Waals surface area (Å²) in [4.78, 5) is 24.0. The van der Waals surface area contributed by atoms with Crippen LogP contribution in [0.2, 0.25) is 0 Å². The average Bonchev–Trinajstić information content (AvgIpc) is 2.44. The first-order chi connectivity index (χ1) is 10.6. The normalized spacial score (nSPS) is 38.8. The molecule has 0 aromatic heterocycles. The molecule has 3 rings (SSSR count). The van der Waals surface area contributed by atoms with Crippen LogP contribution in [0.3, 0.4) is 0 Å². The van der Waals surface area contributed by atoms with Crippen LogP contribution in [0.15, 0.2) is 23.3 Å². The topological polar surface area (TPSA) is 43.4 Å². The predicted octanol–water partition coefficient (Wildman–Crippen LogP) is 4.37. The number of ketones is 1. The number of rotatable bonds is 1. The first-order valence-electron chi connectivity index (χ1n) is 8.75. The number of allylic oxidation sites excluding steroid dienone is 3. The molecule has 0 aromatic carbocycles. The molecule has 0 N–H and O–H groups in total. The quantitative estimate of drug-likeness (QED) is 0.533. The van der Waals surface area contributed by atoms with Crippen LogP contribution in [0.5, 0.6) is 0 Å². The lowest BCUT2D eigenvalue weighted by Crippen LogP contribution is -2.52. The Bertz CT molecular complexity index is 625. The van der Waals surface area contributed by atoms with E-state index in [2.05, 4.69) is 39.8 Å². The molecule has 0 spiro atoms. The number of carbonyl (C=O) groups is 2. The van der Waals surface area contributed by atoms with Crippen molar-refractivity contribution in [3.05, 3.63) is 23.3 Å². The molecule has 2 unspecified atom stereocenters. The predicted molar refractivity (Wildman–Crippen MR) is 89.8 cm³/mol. The van der Waals surface area contributed by atoms with Crippen molar-refractivity contribution in [3.63, 3.8) is 0 Å². The van der Waals surface area contributed by atoms with Crippen LogP contribution >= 0.6 is 0 Å². The molecule has 1 fully saturated rings. The second-order valence-electron chi connectivity index (χ2n) is 8.41. The van der Waals surface area contributed by atoms with Gasteiger partial charge in [0.2, 0.25) is 0 Å². The maximum Gasteiger partial charge on any atom is 0.302 e. The Hall–Kier alpha value is -1.38. The van der Waals surface area contributed by atoms with Crippen LogP contribution < -0.4 is 0 Å². The van der Waals surface area contributed by atoms with Gasteiger partial charge in [-0.25, -0.2) is 0 Å². The fourth-order valence-corrected chi connectivity index (χ4v) is 5.32. The molecule has 23 heavy (non-hydrogen) atoms. The average molecular weight is 316 g/mol. The lowest BCUT2D eigenvalue weighted by molar-refractivity contribution is -0.153. The van der Waals surface area contributed by atoms with E-state index in [0.717, 1.165) is 25.7 Å². The minimum atomic E-state index is -0.385. The van der Waals surface area contributed by atoms with Gasteiger partial charge in [-0.05, 0) is 39.5 Å². The number of carbonyl (C=O) groups excluding carboxylic acids is 2. The summed E-state index contributed by atoms with van der Waals surface area (Å²) in [6.07, 6.45) is 8.76. The van der Waals surface area contributed by atoms with E-state index in [4.69, 9.17) is 4.74 Å². The summed E-state index contributed by atoms with van der Waals surface area (Å²) in [5.74, 6) is 0.148. The monoisotopic (exact) mass is 316 g/mol. The fraction of sp³-hybridized carbons (Fsp3) is 0.700.